The molecule has 7 aromatic rings. The molecule has 6 aliphatic rings. The van der Waals surface area contributed by atoms with E-state index in [0.29, 0.717) is 86.1 Å². The lowest BCUT2D eigenvalue weighted by molar-refractivity contribution is -0.141. The Balaban J connectivity index is 0.000000172. The van der Waals surface area contributed by atoms with Crippen molar-refractivity contribution in [2.45, 2.75) is 127 Å². The van der Waals surface area contributed by atoms with Crippen molar-refractivity contribution >= 4 is 57.1 Å². The number of rotatable bonds is 17. The number of hydrogen-bond donors (Lipinski definition) is 3. The fourth-order valence-corrected chi connectivity index (χ4v) is 14.7. The topological polar surface area (TPSA) is 214 Å². The first kappa shape index (κ1) is 58.5. The number of aromatic hydroxyl groups is 1. The molecule has 7 unspecified atom stereocenters. The van der Waals surface area contributed by atoms with Gasteiger partial charge in [-0.05, 0) is 125 Å². The SMILES string of the molecule is C#Cc1c(F)ccc2cc(O)cc(-c3ncc4c(N5CC6CCC(C5)N6)nc(OCC56CCCN5C(COC=O)CC6)nc4c3F)c12.Cc1ncsc1-c1ccc(C(C)NC(=O)C2CCCN2C(=O)C(c2cc(OC3CN(C)C3)no2)C(C)C)cc1. The van der Waals surface area contributed by atoms with Crippen LogP contribution in [0.2, 0.25) is 0 Å². The van der Waals surface area contributed by atoms with Crippen LogP contribution in [0.5, 0.6) is 17.6 Å². The number of nitrogens with zero attached hydrogens (tertiary/aromatic N) is 9. The zero-order valence-corrected chi connectivity index (χ0v) is 49.7. The van der Waals surface area contributed by atoms with E-state index in [2.05, 4.69) is 63.5 Å². The first-order valence-electron chi connectivity index (χ1n) is 29.8. The Bertz CT molecular complexity index is 3710. The molecule has 6 aliphatic heterocycles. The maximum atomic E-state index is 16.9. The lowest BCUT2D eigenvalue weighted by atomic mass is 9.91. The second-order valence-corrected chi connectivity index (χ2v) is 25.1. The average molecular weight is 1190 g/mol. The van der Waals surface area contributed by atoms with Crippen LogP contribution in [0.25, 0.3) is 43.4 Å². The van der Waals surface area contributed by atoms with Gasteiger partial charge in [-0.25, -0.2) is 13.8 Å². The van der Waals surface area contributed by atoms with Gasteiger partial charge in [-0.2, -0.15) is 9.97 Å². The van der Waals surface area contributed by atoms with Crippen LogP contribution in [0.3, 0.4) is 0 Å². The summed E-state index contributed by atoms with van der Waals surface area (Å²) in [7, 11) is 2.03. The van der Waals surface area contributed by atoms with Crippen LogP contribution in [0, 0.1) is 36.8 Å². The number of likely N-dealkylation sites (tertiary alicyclic amines) is 2. The number of phenols is 1. The van der Waals surface area contributed by atoms with Crippen LogP contribution in [-0.2, 0) is 19.1 Å². The van der Waals surface area contributed by atoms with Crippen molar-refractivity contribution in [3.8, 4) is 51.7 Å². The summed E-state index contributed by atoms with van der Waals surface area (Å²) in [6, 6.07) is 15.5. The van der Waals surface area contributed by atoms with Crippen molar-refractivity contribution in [3.05, 3.63) is 101 Å². The van der Waals surface area contributed by atoms with Crippen LogP contribution in [0.4, 0.5) is 14.6 Å². The van der Waals surface area contributed by atoms with Gasteiger partial charge in [0.25, 0.3) is 12.4 Å². The molecule has 7 atom stereocenters. The molecule has 450 valence electrons. The number of nitrogens with one attached hydrogen (secondary N) is 2. The van der Waals surface area contributed by atoms with Crippen LogP contribution < -0.4 is 25.0 Å². The zero-order valence-electron chi connectivity index (χ0n) is 48.9. The fourth-order valence-electron chi connectivity index (χ4n) is 13.8. The maximum absolute atomic E-state index is 16.9. The Morgan fingerprint density at radius 2 is 1.78 bits per heavy atom. The van der Waals surface area contributed by atoms with Crippen LogP contribution >= 0.6 is 11.3 Å². The molecule has 6 saturated heterocycles. The monoisotopic (exact) mass is 1190 g/mol. The van der Waals surface area contributed by atoms with Gasteiger partial charge >= 0.3 is 6.01 Å². The number of carbonyl (C=O) groups is 3. The predicted octanol–water partition coefficient (Wildman–Crippen LogP) is 8.71. The Morgan fingerprint density at radius 1 is 0.988 bits per heavy atom. The molecular formula is C64H71F2N11O8S. The smallest absolute Gasteiger partial charge is 0.319 e. The molecule has 10 heterocycles. The van der Waals surface area contributed by atoms with Gasteiger partial charge in [-0.3, -0.25) is 29.2 Å². The minimum Gasteiger partial charge on any atom is -0.508 e. The summed E-state index contributed by atoms with van der Waals surface area (Å²) in [5.41, 5.74) is 4.75. The molecule has 4 aromatic heterocycles. The van der Waals surface area contributed by atoms with E-state index in [1.54, 1.807) is 22.3 Å². The van der Waals surface area contributed by atoms with Crippen LogP contribution in [-0.4, -0.2) is 159 Å². The van der Waals surface area contributed by atoms with Crippen LogP contribution in [0.15, 0.2) is 70.8 Å². The number of aryl methyl sites for hydroxylation is 1. The Hall–Kier alpha value is -7.84. The van der Waals surface area contributed by atoms with Gasteiger partial charge in [0.1, 0.15) is 59.9 Å². The number of pyridine rings is 1. The molecule has 0 aliphatic carbocycles. The van der Waals surface area contributed by atoms with Gasteiger partial charge < -0.3 is 44.3 Å². The molecule has 2 bridgehead atoms. The van der Waals surface area contributed by atoms with E-state index < -0.39 is 23.6 Å². The third-order valence-corrected chi connectivity index (χ3v) is 19.1. The average Bonchev–Trinajstić information content (AvgIpc) is 1.80. The van der Waals surface area contributed by atoms with Crippen molar-refractivity contribution in [2.75, 3.05) is 64.4 Å². The molecule has 6 fully saturated rings. The highest BCUT2D eigenvalue weighted by Gasteiger charge is 2.50. The fraction of sp³-hybridized carbons (Fsp3) is 0.469. The highest BCUT2D eigenvalue weighted by molar-refractivity contribution is 7.13. The number of anilines is 1. The number of amides is 2. The molecular weight excluding hydrogens is 1120 g/mol. The zero-order chi connectivity index (χ0) is 60.0. The number of piperazine rings is 1. The molecule has 13 rings (SSSR count). The second-order valence-electron chi connectivity index (χ2n) is 24.2. The Kier molecular flexibility index (Phi) is 16.7. The molecule has 22 heteroatoms. The highest BCUT2D eigenvalue weighted by Crippen LogP contribution is 2.44. The second kappa shape index (κ2) is 24.5. The molecule has 86 heavy (non-hydrogen) atoms. The largest absolute Gasteiger partial charge is 0.508 e. The molecule has 19 nitrogen and oxygen atoms in total. The number of halogens is 2. The highest BCUT2D eigenvalue weighted by atomic mass is 32.1. The number of ether oxygens (including phenoxy) is 3. The maximum Gasteiger partial charge on any atom is 0.319 e. The summed E-state index contributed by atoms with van der Waals surface area (Å²) < 4.78 is 54.7. The quantitative estimate of drug-likeness (QED) is 0.0574. The molecule has 3 N–H and O–H groups in total. The minimum absolute atomic E-state index is 0.0143. The van der Waals surface area contributed by atoms with E-state index in [1.807, 2.05) is 52.4 Å². The standard InChI is InChI=1S/C35H34F2N6O4.C29H37N5O4S/c1-2-25-28(36)7-4-20-12-24(45)13-26(29(20)25)31-30(37)32-27(14-38-31)33(42-15-21-5-6-22(16-42)39-21)41-34(40-32)47-18-35-9-3-11-43(35)23(8-10-35)17-46-19-44;1-17(2)26(24-13-25(32-38-24)37-22-14-33(5)15-22)29(36)34-12-6-7-23(34)28(35)31-18(3)20-8-10-21(11-9-20)27-19(4)30-16-39-27/h1,4,7,12-14,19,21-23,39,45H,3,5-6,8-11,15-18H2;8-11,13,16-18,22-23,26H,6-7,12,14-15H2,1-5H3,(H,31,35). The predicted molar refractivity (Wildman–Crippen MR) is 321 cm³/mol. The Labute approximate surface area is 501 Å². The number of thiazole rings is 1. The van der Waals surface area contributed by atoms with Gasteiger partial charge in [0.05, 0.1) is 38.6 Å². The normalized spacial score (nSPS) is 22.7. The molecule has 0 spiro atoms. The van der Waals surface area contributed by atoms with E-state index in [-0.39, 0.29) is 80.9 Å². The minimum atomic E-state index is -0.749. The number of hydrogen-bond acceptors (Lipinski definition) is 18. The number of aromatic nitrogens is 5. The summed E-state index contributed by atoms with van der Waals surface area (Å²) in [6.07, 6.45) is 14.5. The van der Waals surface area contributed by atoms with Gasteiger partial charge in [0.15, 0.2) is 11.6 Å². The summed E-state index contributed by atoms with van der Waals surface area (Å²) in [5.74, 6) is 1.49. The Morgan fingerprint density at radius 3 is 2.50 bits per heavy atom. The van der Waals surface area contributed by atoms with E-state index in [9.17, 15) is 23.9 Å². The van der Waals surface area contributed by atoms with Gasteiger partial charge in [0.2, 0.25) is 11.8 Å². The lowest BCUT2D eigenvalue weighted by Gasteiger charge is -2.35. The van der Waals surface area contributed by atoms with Crippen molar-refractivity contribution in [1.29, 1.82) is 0 Å². The number of carbonyl (C=O) groups excluding carboxylic acids is 3. The summed E-state index contributed by atoms with van der Waals surface area (Å²) in [4.78, 5) is 65.9. The summed E-state index contributed by atoms with van der Waals surface area (Å²) >= 11 is 1.62. The third-order valence-electron chi connectivity index (χ3n) is 18.2. The van der Waals surface area contributed by atoms with Gasteiger partial charge in [-0.15, -0.1) is 17.8 Å². The molecule has 0 saturated carbocycles. The first-order chi connectivity index (χ1) is 41.6. The van der Waals surface area contributed by atoms with E-state index >= 15 is 4.39 Å². The summed E-state index contributed by atoms with van der Waals surface area (Å²) in [5, 5.41) is 22.5. The third kappa shape index (κ3) is 11.5. The molecule has 2 amide bonds. The van der Waals surface area contributed by atoms with E-state index in [1.165, 1.54) is 30.5 Å². The van der Waals surface area contributed by atoms with Crippen LogP contribution in [0.1, 0.15) is 107 Å². The van der Waals surface area contributed by atoms with Crippen molar-refractivity contribution in [1.82, 2.24) is 50.4 Å². The number of terminal acetylenes is 1. The van der Waals surface area contributed by atoms with Crippen molar-refractivity contribution in [2.24, 2.45) is 5.92 Å². The number of fused-ring (bicyclic) bond motifs is 5. The van der Waals surface area contributed by atoms with E-state index in [4.69, 9.17) is 30.1 Å². The van der Waals surface area contributed by atoms with Gasteiger partial charge in [0, 0.05) is 74.1 Å². The molecule has 0 radical (unpaired) electrons. The number of phenolic OH excluding ortho intramolecular Hbond substituents is 1. The molecule has 3 aromatic carbocycles. The van der Waals surface area contributed by atoms with Crippen molar-refractivity contribution in [3.63, 3.8) is 0 Å². The van der Waals surface area contributed by atoms with Gasteiger partial charge in [-0.1, -0.05) is 50.1 Å². The first-order valence-corrected chi connectivity index (χ1v) is 30.6. The van der Waals surface area contributed by atoms with Crippen molar-refractivity contribution < 1.29 is 47.0 Å². The number of likely N-dealkylation sites (N-methyl/N-ethyl adjacent to an activating group) is 1. The number of benzene rings is 3. The van der Waals surface area contributed by atoms with E-state index in [0.717, 1.165) is 86.3 Å². The lowest BCUT2D eigenvalue weighted by Crippen LogP contribution is -2.51. The summed E-state index contributed by atoms with van der Waals surface area (Å²) in [6.45, 7) is 13.6.